The fourth-order valence-corrected chi connectivity index (χ4v) is 3.94. The highest BCUT2D eigenvalue weighted by atomic mass is 32.2. The third kappa shape index (κ3) is 6.08. The molecule has 0 saturated heterocycles. The van der Waals surface area contributed by atoms with Crippen LogP contribution in [0.2, 0.25) is 0 Å². The van der Waals surface area contributed by atoms with Crippen LogP contribution in [0, 0.1) is 13.8 Å². The standard InChI is InChI=1S/C20H27N3O3S/c1-15-6-10-18(11-7-15)22-27(25,26)19-14-17(9-8-16(19)2)20(24)21-12-5-13-23(3)4/h6-11,14,22H,5,12-13H2,1-4H3,(H,21,24)/p+1. The van der Waals surface area contributed by atoms with Crippen LogP contribution in [-0.4, -0.2) is 41.5 Å². The lowest BCUT2D eigenvalue weighted by atomic mass is 10.1. The maximum Gasteiger partial charge on any atom is 0.262 e. The molecule has 0 radical (unpaired) electrons. The van der Waals surface area contributed by atoms with Crippen LogP contribution in [0.15, 0.2) is 47.4 Å². The van der Waals surface area contributed by atoms with E-state index in [4.69, 9.17) is 0 Å². The molecule has 27 heavy (non-hydrogen) atoms. The zero-order valence-electron chi connectivity index (χ0n) is 16.3. The van der Waals surface area contributed by atoms with Crippen LogP contribution in [0.5, 0.6) is 0 Å². The Balaban J connectivity index is 2.15. The Kier molecular flexibility index (Phi) is 6.98. The van der Waals surface area contributed by atoms with Gasteiger partial charge in [-0.3, -0.25) is 9.52 Å². The average Bonchev–Trinajstić information content (AvgIpc) is 2.60. The molecule has 0 heterocycles. The average molecular weight is 391 g/mol. The third-order valence-electron chi connectivity index (χ3n) is 4.18. The molecule has 0 aliphatic rings. The van der Waals surface area contributed by atoms with Gasteiger partial charge in [-0.25, -0.2) is 8.42 Å². The van der Waals surface area contributed by atoms with Gasteiger partial charge in [0.15, 0.2) is 0 Å². The predicted octanol–water partition coefficient (Wildman–Crippen LogP) is 1.37. The van der Waals surface area contributed by atoms with Crippen molar-refractivity contribution in [3.05, 3.63) is 59.2 Å². The fraction of sp³-hybridized carbons (Fsp3) is 0.350. The topological polar surface area (TPSA) is 79.7 Å². The van der Waals surface area contributed by atoms with Crippen molar-refractivity contribution < 1.29 is 18.1 Å². The Labute approximate surface area is 161 Å². The van der Waals surface area contributed by atoms with Crippen LogP contribution in [0.3, 0.4) is 0 Å². The van der Waals surface area contributed by atoms with Gasteiger partial charge in [0.1, 0.15) is 0 Å². The van der Waals surface area contributed by atoms with E-state index in [0.29, 0.717) is 23.4 Å². The van der Waals surface area contributed by atoms with E-state index in [-0.39, 0.29) is 10.8 Å². The molecule has 0 fully saturated rings. The Hall–Kier alpha value is -2.38. The van der Waals surface area contributed by atoms with E-state index in [1.54, 1.807) is 31.2 Å². The van der Waals surface area contributed by atoms with E-state index in [0.717, 1.165) is 18.5 Å². The minimum atomic E-state index is -3.78. The van der Waals surface area contributed by atoms with Gasteiger partial charge in [-0.05, 0) is 43.7 Å². The highest BCUT2D eigenvalue weighted by molar-refractivity contribution is 7.92. The molecule has 0 saturated carbocycles. The second-order valence-electron chi connectivity index (χ2n) is 7.02. The number of carbonyl (C=O) groups is 1. The van der Waals surface area contributed by atoms with E-state index < -0.39 is 10.0 Å². The Bertz CT molecular complexity index is 891. The first-order chi connectivity index (χ1) is 12.7. The number of nitrogens with one attached hydrogen (secondary N) is 3. The first-order valence-electron chi connectivity index (χ1n) is 8.96. The van der Waals surface area contributed by atoms with Crippen LogP contribution >= 0.6 is 0 Å². The summed E-state index contributed by atoms with van der Waals surface area (Å²) >= 11 is 0. The van der Waals surface area contributed by atoms with Crippen molar-refractivity contribution in [3.8, 4) is 0 Å². The van der Waals surface area contributed by atoms with Gasteiger partial charge in [-0.2, -0.15) is 0 Å². The Morgan fingerprint density at radius 3 is 2.33 bits per heavy atom. The maximum atomic E-state index is 12.8. The summed E-state index contributed by atoms with van der Waals surface area (Å²) in [5, 5.41) is 2.84. The zero-order valence-corrected chi connectivity index (χ0v) is 17.1. The quantitative estimate of drug-likeness (QED) is 0.596. The molecule has 2 aromatic rings. The highest BCUT2D eigenvalue weighted by Crippen LogP contribution is 2.21. The van der Waals surface area contributed by atoms with Gasteiger partial charge in [0.05, 0.1) is 25.5 Å². The Morgan fingerprint density at radius 1 is 1.04 bits per heavy atom. The summed E-state index contributed by atoms with van der Waals surface area (Å²) < 4.78 is 28.1. The van der Waals surface area contributed by atoms with Crippen molar-refractivity contribution >= 4 is 21.6 Å². The number of carbonyl (C=O) groups excluding carboxylic acids is 1. The minimum Gasteiger partial charge on any atom is -0.352 e. The minimum absolute atomic E-state index is 0.105. The van der Waals surface area contributed by atoms with Crippen LogP contribution < -0.4 is 14.9 Å². The molecule has 2 aromatic carbocycles. The SMILES string of the molecule is Cc1ccc(NS(=O)(=O)c2cc(C(=O)NCCC[NH+](C)C)ccc2C)cc1. The second-order valence-corrected chi connectivity index (χ2v) is 8.67. The molecule has 0 bridgehead atoms. The van der Waals surface area contributed by atoms with Crippen molar-refractivity contribution in [2.45, 2.75) is 25.2 Å². The molecule has 0 aliphatic heterocycles. The number of aryl methyl sites for hydroxylation is 2. The number of benzene rings is 2. The number of quaternary nitrogens is 1. The molecule has 0 aromatic heterocycles. The number of anilines is 1. The smallest absolute Gasteiger partial charge is 0.262 e. The van der Waals surface area contributed by atoms with Crippen molar-refractivity contribution in [1.29, 1.82) is 0 Å². The molecule has 2 rings (SSSR count). The van der Waals surface area contributed by atoms with Crippen LogP contribution in [0.4, 0.5) is 5.69 Å². The van der Waals surface area contributed by atoms with Crippen molar-refractivity contribution in [3.63, 3.8) is 0 Å². The number of hydrogen-bond acceptors (Lipinski definition) is 3. The molecule has 7 heteroatoms. The molecular weight excluding hydrogens is 362 g/mol. The predicted molar refractivity (Wildman–Crippen MR) is 108 cm³/mol. The molecule has 3 N–H and O–H groups in total. The largest absolute Gasteiger partial charge is 0.352 e. The van der Waals surface area contributed by atoms with Gasteiger partial charge >= 0.3 is 0 Å². The van der Waals surface area contributed by atoms with E-state index in [2.05, 4.69) is 24.1 Å². The van der Waals surface area contributed by atoms with Gasteiger partial charge in [0, 0.05) is 24.2 Å². The summed E-state index contributed by atoms with van der Waals surface area (Å²) in [6, 6.07) is 11.8. The first kappa shape index (κ1) is 20.9. The molecule has 0 spiro atoms. The summed E-state index contributed by atoms with van der Waals surface area (Å²) in [5.74, 6) is -0.268. The lowest BCUT2D eigenvalue weighted by Crippen LogP contribution is -3.05. The summed E-state index contributed by atoms with van der Waals surface area (Å²) in [5.41, 5.74) is 2.45. The Morgan fingerprint density at radius 2 is 1.70 bits per heavy atom. The van der Waals surface area contributed by atoms with Gasteiger partial charge in [0.2, 0.25) is 0 Å². The van der Waals surface area contributed by atoms with E-state index in [9.17, 15) is 13.2 Å². The van der Waals surface area contributed by atoms with E-state index >= 15 is 0 Å². The summed E-state index contributed by atoms with van der Waals surface area (Å²) in [6.45, 7) is 5.16. The van der Waals surface area contributed by atoms with E-state index in [1.165, 1.54) is 11.0 Å². The number of rotatable bonds is 8. The monoisotopic (exact) mass is 390 g/mol. The van der Waals surface area contributed by atoms with Crippen molar-refractivity contribution in [2.24, 2.45) is 0 Å². The van der Waals surface area contributed by atoms with Gasteiger partial charge in [0.25, 0.3) is 15.9 Å². The number of sulfonamides is 1. The van der Waals surface area contributed by atoms with Gasteiger partial charge < -0.3 is 10.2 Å². The van der Waals surface area contributed by atoms with Gasteiger partial charge in [-0.15, -0.1) is 0 Å². The van der Waals surface area contributed by atoms with Gasteiger partial charge in [-0.1, -0.05) is 23.8 Å². The molecular formula is C20H28N3O3S+. The molecule has 1 amide bonds. The third-order valence-corrected chi connectivity index (χ3v) is 5.71. The maximum absolute atomic E-state index is 12.8. The number of amides is 1. The summed E-state index contributed by atoms with van der Waals surface area (Å²) in [4.78, 5) is 13.8. The normalized spacial score (nSPS) is 11.4. The molecule has 0 atom stereocenters. The lowest BCUT2D eigenvalue weighted by molar-refractivity contribution is -0.858. The summed E-state index contributed by atoms with van der Waals surface area (Å²) in [7, 11) is 0.328. The summed E-state index contributed by atoms with van der Waals surface area (Å²) in [6.07, 6.45) is 0.861. The fourth-order valence-electron chi connectivity index (χ4n) is 2.61. The van der Waals surface area contributed by atoms with Crippen molar-refractivity contribution in [1.82, 2.24) is 5.32 Å². The van der Waals surface area contributed by atoms with Crippen LogP contribution in [0.1, 0.15) is 27.9 Å². The first-order valence-corrected chi connectivity index (χ1v) is 10.4. The zero-order chi connectivity index (χ0) is 20.0. The molecule has 0 aliphatic carbocycles. The highest BCUT2D eigenvalue weighted by Gasteiger charge is 2.19. The molecule has 146 valence electrons. The number of hydrogen-bond donors (Lipinski definition) is 3. The molecule has 6 nitrogen and oxygen atoms in total. The van der Waals surface area contributed by atoms with E-state index in [1.807, 2.05) is 19.1 Å². The lowest BCUT2D eigenvalue weighted by Gasteiger charge is -2.13. The van der Waals surface area contributed by atoms with Crippen LogP contribution in [-0.2, 0) is 10.0 Å². The molecule has 0 unspecified atom stereocenters. The van der Waals surface area contributed by atoms with Crippen LogP contribution in [0.25, 0.3) is 0 Å². The second kappa shape index (κ2) is 9.01. The van der Waals surface area contributed by atoms with Crippen molar-refractivity contribution in [2.75, 3.05) is 31.9 Å².